The van der Waals surface area contributed by atoms with E-state index in [2.05, 4.69) is 4.98 Å². The lowest BCUT2D eigenvalue weighted by atomic mass is 9.88. The van der Waals surface area contributed by atoms with E-state index in [4.69, 9.17) is 32.7 Å². The van der Waals surface area contributed by atoms with Crippen molar-refractivity contribution in [3.05, 3.63) is 99.8 Å². The van der Waals surface area contributed by atoms with Crippen molar-refractivity contribution < 1.29 is 24.2 Å². The van der Waals surface area contributed by atoms with Gasteiger partial charge in [0.15, 0.2) is 6.10 Å². The van der Waals surface area contributed by atoms with Gasteiger partial charge in [0.05, 0.1) is 12.6 Å². The van der Waals surface area contributed by atoms with Gasteiger partial charge in [-0.2, -0.15) is 0 Å². The molecular formula is C29H30Cl2N2O5. The molecule has 4 unspecified atom stereocenters. The van der Waals surface area contributed by atoms with E-state index in [1.165, 1.54) is 17.3 Å². The monoisotopic (exact) mass is 556 g/mol. The molecule has 0 radical (unpaired) electrons. The van der Waals surface area contributed by atoms with Crippen LogP contribution in [0.15, 0.2) is 73.1 Å². The number of esters is 1. The summed E-state index contributed by atoms with van der Waals surface area (Å²) in [5.74, 6) is -1.01. The third-order valence-corrected chi connectivity index (χ3v) is 7.08. The number of rotatable bonds is 9. The van der Waals surface area contributed by atoms with Crippen molar-refractivity contribution >= 4 is 35.1 Å². The van der Waals surface area contributed by atoms with Crippen LogP contribution < -0.4 is 0 Å². The lowest BCUT2D eigenvalue weighted by Gasteiger charge is -2.48. The van der Waals surface area contributed by atoms with Crippen molar-refractivity contribution in [2.75, 3.05) is 6.61 Å². The summed E-state index contributed by atoms with van der Waals surface area (Å²) in [4.78, 5) is 33.0. The Labute approximate surface area is 232 Å². The van der Waals surface area contributed by atoms with Crippen molar-refractivity contribution in [2.45, 2.75) is 57.1 Å². The maximum absolute atomic E-state index is 14.2. The first-order valence-corrected chi connectivity index (χ1v) is 13.3. The Morgan fingerprint density at radius 3 is 2.13 bits per heavy atom. The first kappa shape index (κ1) is 28.0. The summed E-state index contributed by atoms with van der Waals surface area (Å²) in [5, 5.41) is 12.4. The average Bonchev–Trinajstić information content (AvgIpc) is 2.93. The zero-order valence-corrected chi connectivity index (χ0v) is 22.7. The van der Waals surface area contributed by atoms with Crippen LogP contribution in [0.3, 0.4) is 0 Å². The molecule has 1 fully saturated rings. The highest BCUT2D eigenvalue weighted by atomic mass is 35.5. The Kier molecular flexibility index (Phi) is 9.39. The SMILES string of the molecule is CCCC(C(=O)OCC)N1C(=O)C(C(O)c2ccncc2)OC(c2ccc(Cl)cc2)[C@@H]1c1ccc(Cl)cc1. The van der Waals surface area contributed by atoms with Crippen LogP contribution in [-0.2, 0) is 19.1 Å². The summed E-state index contributed by atoms with van der Waals surface area (Å²) in [6.45, 7) is 3.84. The number of carbonyl (C=O) groups is 2. The number of aliphatic hydroxyl groups is 1. The molecule has 38 heavy (non-hydrogen) atoms. The summed E-state index contributed by atoms with van der Waals surface area (Å²) < 4.78 is 11.9. The van der Waals surface area contributed by atoms with Gasteiger partial charge in [-0.25, -0.2) is 4.79 Å². The Morgan fingerprint density at radius 2 is 1.58 bits per heavy atom. The Bertz CT molecular complexity index is 1220. The largest absolute Gasteiger partial charge is 0.464 e. The molecule has 4 rings (SSSR count). The average molecular weight is 557 g/mol. The van der Waals surface area contributed by atoms with Crippen molar-refractivity contribution in [1.29, 1.82) is 0 Å². The minimum absolute atomic E-state index is 0.173. The Balaban J connectivity index is 1.90. The van der Waals surface area contributed by atoms with Gasteiger partial charge in [0.25, 0.3) is 5.91 Å². The molecule has 0 bridgehead atoms. The Morgan fingerprint density at radius 1 is 1.00 bits per heavy atom. The molecule has 0 aliphatic carbocycles. The molecule has 1 aliphatic heterocycles. The minimum Gasteiger partial charge on any atom is -0.464 e. The molecule has 7 nitrogen and oxygen atoms in total. The molecule has 200 valence electrons. The van der Waals surface area contributed by atoms with Gasteiger partial charge in [-0.15, -0.1) is 0 Å². The highest BCUT2D eigenvalue weighted by molar-refractivity contribution is 6.30. The van der Waals surface area contributed by atoms with E-state index in [0.29, 0.717) is 28.5 Å². The van der Waals surface area contributed by atoms with Crippen LogP contribution in [0.5, 0.6) is 0 Å². The molecule has 1 aliphatic rings. The van der Waals surface area contributed by atoms with Crippen LogP contribution in [0.1, 0.15) is 61.6 Å². The number of benzene rings is 2. The quantitative estimate of drug-likeness (QED) is 0.332. The van der Waals surface area contributed by atoms with E-state index in [9.17, 15) is 14.7 Å². The third kappa shape index (κ3) is 6.02. The van der Waals surface area contributed by atoms with E-state index < -0.39 is 42.3 Å². The number of hydrogen-bond acceptors (Lipinski definition) is 6. The van der Waals surface area contributed by atoms with Crippen LogP contribution in [0.2, 0.25) is 10.0 Å². The molecule has 1 saturated heterocycles. The van der Waals surface area contributed by atoms with Gasteiger partial charge < -0.3 is 19.5 Å². The fourth-order valence-corrected chi connectivity index (χ4v) is 5.06. The predicted octanol–water partition coefficient (Wildman–Crippen LogP) is 5.86. The van der Waals surface area contributed by atoms with Gasteiger partial charge >= 0.3 is 5.97 Å². The number of nitrogens with zero attached hydrogens (tertiary/aromatic N) is 2. The lowest BCUT2D eigenvalue weighted by Crippen LogP contribution is -2.58. The summed E-state index contributed by atoms with van der Waals surface area (Å²) in [6, 6.07) is 15.9. The summed E-state index contributed by atoms with van der Waals surface area (Å²) in [5.41, 5.74) is 1.93. The van der Waals surface area contributed by atoms with Gasteiger partial charge in [0.2, 0.25) is 0 Å². The number of halogens is 2. The molecule has 5 atom stereocenters. The number of hydrogen-bond donors (Lipinski definition) is 1. The molecule has 3 aromatic rings. The highest BCUT2D eigenvalue weighted by Gasteiger charge is 2.50. The van der Waals surface area contributed by atoms with Crippen LogP contribution in [0, 0.1) is 0 Å². The maximum atomic E-state index is 14.2. The van der Waals surface area contributed by atoms with Crippen LogP contribution >= 0.6 is 23.2 Å². The van der Waals surface area contributed by atoms with Gasteiger partial charge in [0.1, 0.15) is 18.2 Å². The Hall–Kier alpha value is -2.97. The molecule has 9 heteroatoms. The third-order valence-electron chi connectivity index (χ3n) is 6.58. The first-order chi connectivity index (χ1) is 18.3. The number of amides is 1. The maximum Gasteiger partial charge on any atom is 0.328 e. The fraction of sp³-hybridized carbons (Fsp3) is 0.345. The molecule has 0 spiro atoms. The van der Waals surface area contributed by atoms with E-state index in [1.54, 1.807) is 43.3 Å². The molecule has 1 amide bonds. The van der Waals surface area contributed by atoms with Crippen LogP contribution in [0.25, 0.3) is 0 Å². The summed E-state index contributed by atoms with van der Waals surface area (Å²) >= 11 is 12.4. The first-order valence-electron chi connectivity index (χ1n) is 12.6. The summed E-state index contributed by atoms with van der Waals surface area (Å²) in [6.07, 6.45) is 0.769. The van der Waals surface area contributed by atoms with E-state index in [1.807, 2.05) is 31.2 Å². The second-order valence-electron chi connectivity index (χ2n) is 9.05. The smallest absolute Gasteiger partial charge is 0.328 e. The zero-order chi connectivity index (χ0) is 27.2. The molecule has 2 heterocycles. The predicted molar refractivity (Wildman–Crippen MR) is 145 cm³/mol. The van der Waals surface area contributed by atoms with Gasteiger partial charge in [-0.3, -0.25) is 9.78 Å². The molecule has 0 saturated carbocycles. The van der Waals surface area contributed by atoms with Gasteiger partial charge in [-0.1, -0.05) is 60.8 Å². The second kappa shape index (κ2) is 12.7. The number of aromatic nitrogens is 1. The van der Waals surface area contributed by atoms with Crippen LogP contribution in [0.4, 0.5) is 0 Å². The van der Waals surface area contributed by atoms with Gasteiger partial charge in [0, 0.05) is 22.4 Å². The van der Waals surface area contributed by atoms with Crippen LogP contribution in [-0.4, -0.2) is 45.6 Å². The number of aliphatic hydroxyl groups excluding tert-OH is 1. The van der Waals surface area contributed by atoms with E-state index in [-0.39, 0.29) is 6.61 Å². The van der Waals surface area contributed by atoms with E-state index >= 15 is 0 Å². The minimum atomic E-state index is -1.29. The van der Waals surface area contributed by atoms with Crippen molar-refractivity contribution in [3.8, 4) is 0 Å². The molecule has 2 aromatic carbocycles. The lowest BCUT2D eigenvalue weighted by molar-refractivity contribution is -0.198. The zero-order valence-electron chi connectivity index (χ0n) is 21.2. The topological polar surface area (TPSA) is 89.0 Å². The standard InChI is InChI=1S/C29H30Cl2N2O5/c1-3-5-23(29(36)37-4-2)33-24(18-6-10-21(30)11-7-18)26(20-8-12-22(31)13-9-20)38-27(28(33)35)25(34)19-14-16-32-17-15-19/h6-17,23-27,34H,3-5H2,1-2H3/t23?,24-,25?,26?,27?/m0/s1. The van der Waals surface area contributed by atoms with Crippen molar-refractivity contribution in [2.24, 2.45) is 0 Å². The second-order valence-corrected chi connectivity index (χ2v) is 9.93. The van der Waals surface area contributed by atoms with E-state index in [0.717, 1.165) is 11.1 Å². The normalized spacial score (nSPS) is 21.1. The fourth-order valence-electron chi connectivity index (χ4n) is 4.80. The summed E-state index contributed by atoms with van der Waals surface area (Å²) in [7, 11) is 0. The molecular weight excluding hydrogens is 527 g/mol. The van der Waals surface area contributed by atoms with Crippen molar-refractivity contribution in [1.82, 2.24) is 9.88 Å². The molecule has 1 N–H and O–H groups in total. The van der Waals surface area contributed by atoms with Gasteiger partial charge in [-0.05, 0) is 66.4 Å². The number of pyridine rings is 1. The number of ether oxygens (including phenoxy) is 2. The number of carbonyl (C=O) groups excluding carboxylic acids is 2. The highest BCUT2D eigenvalue weighted by Crippen LogP contribution is 2.46. The molecule has 1 aromatic heterocycles. The number of morpholine rings is 1. The van der Waals surface area contributed by atoms with Crippen molar-refractivity contribution in [3.63, 3.8) is 0 Å².